The van der Waals surface area contributed by atoms with Crippen LogP contribution in [-0.4, -0.2) is 11.2 Å². The molecule has 1 saturated carbocycles. The summed E-state index contributed by atoms with van der Waals surface area (Å²) < 4.78 is 0. The average Bonchev–Trinajstić information content (AvgIpc) is 2.42. The van der Waals surface area contributed by atoms with Crippen LogP contribution in [0.15, 0.2) is 0 Å². The standard InChI is InChI=1S/C7H14O/c1-2-3-4-6-5-7(6)8/h6-8H,2-5H2,1H3/t6-,7+/m0/s1. The first-order valence-corrected chi connectivity index (χ1v) is 3.52. The van der Waals surface area contributed by atoms with Crippen LogP contribution in [0.3, 0.4) is 0 Å². The predicted molar refractivity (Wildman–Crippen MR) is 33.6 cm³/mol. The second-order valence-corrected chi connectivity index (χ2v) is 2.71. The van der Waals surface area contributed by atoms with Crippen LogP contribution in [0.25, 0.3) is 0 Å². The zero-order chi connectivity index (χ0) is 5.98. The summed E-state index contributed by atoms with van der Waals surface area (Å²) in [5.41, 5.74) is 0. The average molecular weight is 114 g/mol. The molecule has 48 valence electrons. The van der Waals surface area contributed by atoms with Crippen molar-refractivity contribution < 1.29 is 5.11 Å². The first kappa shape index (κ1) is 6.09. The maximum absolute atomic E-state index is 8.85. The van der Waals surface area contributed by atoms with E-state index in [0.717, 1.165) is 6.42 Å². The van der Waals surface area contributed by atoms with E-state index in [9.17, 15) is 0 Å². The van der Waals surface area contributed by atoms with Crippen molar-refractivity contribution in [3.63, 3.8) is 0 Å². The minimum absolute atomic E-state index is 0.0709. The lowest BCUT2D eigenvalue weighted by Crippen LogP contribution is -1.84. The predicted octanol–water partition coefficient (Wildman–Crippen LogP) is 1.56. The molecule has 0 heterocycles. The van der Waals surface area contributed by atoms with Gasteiger partial charge in [0.05, 0.1) is 6.10 Å². The fraction of sp³-hybridized carbons (Fsp3) is 1.00. The largest absolute Gasteiger partial charge is 0.393 e. The molecule has 0 radical (unpaired) electrons. The third kappa shape index (κ3) is 1.48. The smallest absolute Gasteiger partial charge is 0.0573 e. The molecule has 0 saturated heterocycles. The number of unbranched alkanes of at least 4 members (excludes halogenated alkanes) is 1. The second-order valence-electron chi connectivity index (χ2n) is 2.71. The lowest BCUT2D eigenvalue weighted by atomic mass is 10.2. The molecule has 1 aliphatic carbocycles. The highest BCUT2D eigenvalue weighted by molar-refractivity contribution is 4.84. The molecule has 1 fully saturated rings. The maximum Gasteiger partial charge on any atom is 0.0573 e. The SMILES string of the molecule is CCCC[C@H]1C[C@H]1O. The van der Waals surface area contributed by atoms with E-state index in [4.69, 9.17) is 5.11 Å². The molecule has 1 rings (SSSR count). The van der Waals surface area contributed by atoms with Crippen molar-refractivity contribution in [3.8, 4) is 0 Å². The van der Waals surface area contributed by atoms with Crippen molar-refractivity contribution in [2.24, 2.45) is 5.92 Å². The number of hydrogen-bond acceptors (Lipinski definition) is 1. The lowest BCUT2D eigenvalue weighted by Gasteiger charge is -1.90. The van der Waals surface area contributed by atoms with E-state index >= 15 is 0 Å². The van der Waals surface area contributed by atoms with Crippen molar-refractivity contribution in [3.05, 3.63) is 0 Å². The summed E-state index contributed by atoms with van der Waals surface area (Å²) in [6.45, 7) is 2.19. The summed E-state index contributed by atoms with van der Waals surface area (Å²) in [7, 11) is 0. The summed E-state index contributed by atoms with van der Waals surface area (Å²) >= 11 is 0. The van der Waals surface area contributed by atoms with Gasteiger partial charge in [0, 0.05) is 0 Å². The molecule has 0 aromatic carbocycles. The maximum atomic E-state index is 8.85. The van der Waals surface area contributed by atoms with Gasteiger partial charge >= 0.3 is 0 Å². The molecule has 2 atom stereocenters. The molecule has 8 heavy (non-hydrogen) atoms. The van der Waals surface area contributed by atoms with Gasteiger partial charge in [0.1, 0.15) is 0 Å². The quantitative estimate of drug-likeness (QED) is 0.590. The van der Waals surface area contributed by atoms with E-state index in [0.29, 0.717) is 5.92 Å². The molecule has 0 aliphatic heterocycles. The lowest BCUT2D eigenvalue weighted by molar-refractivity contribution is 0.256. The zero-order valence-electron chi connectivity index (χ0n) is 5.43. The highest BCUT2D eigenvalue weighted by atomic mass is 16.3. The first-order valence-electron chi connectivity index (χ1n) is 3.52. The number of rotatable bonds is 3. The van der Waals surface area contributed by atoms with Crippen molar-refractivity contribution in [1.29, 1.82) is 0 Å². The van der Waals surface area contributed by atoms with Crippen LogP contribution in [0.5, 0.6) is 0 Å². The Morgan fingerprint density at radius 2 is 2.25 bits per heavy atom. The topological polar surface area (TPSA) is 20.2 Å². The highest BCUT2D eigenvalue weighted by Crippen LogP contribution is 2.34. The molecule has 1 heteroatoms. The van der Waals surface area contributed by atoms with E-state index < -0.39 is 0 Å². The van der Waals surface area contributed by atoms with Gasteiger partial charge < -0.3 is 5.11 Å². The molecule has 0 spiro atoms. The Bertz CT molecular complexity index is 70.8. The Kier molecular flexibility index (Phi) is 1.90. The van der Waals surface area contributed by atoms with Gasteiger partial charge in [-0.05, 0) is 18.8 Å². The Labute approximate surface area is 50.7 Å². The molecule has 0 aromatic rings. The summed E-state index contributed by atoms with van der Waals surface area (Å²) in [4.78, 5) is 0. The van der Waals surface area contributed by atoms with Crippen LogP contribution < -0.4 is 0 Å². The van der Waals surface area contributed by atoms with E-state index in [2.05, 4.69) is 6.92 Å². The summed E-state index contributed by atoms with van der Waals surface area (Å²) in [5, 5.41) is 8.85. The van der Waals surface area contributed by atoms with Crippen LogP contribution in [0.2, 0.25) is 0 Å². The second kappa shape index (κ2) is 2.49. The van der Waals surface area contributed by atoms with Crippen LogP contribution >= 0.6 is 0 Å². The van der Waals surface area contributed by atoms with E-state index in [-0.39, 0.29) is 6.10 Å². The number of aliphatic hydroxyl groups excluding tert-OH is 1. The van der Waals surface area contributed by atoms with Gasteiger partial charge in [-0.1, -0.05) is 19.8 Å². The molecule has 0 aromatic heterocycles. The van der Waals surface area contributed by atoms with E-state index in [1.807, 2.05) is 0 Å². The van der Waals surface area contributed by atoms with Gasteiger partial charge in [0.2, 0.25) is 0 Å². The molecular formula is C7H14O. The molecule has 0 unspecified atom stereocenters. The highest BCUT2D eigenvalue weighted by Gasteiger charge is 2.33. The van der Waals surface area contributed by atoms with Crippen molar-refractivity contribution >= 4 is 0 Å². The Hall–Kier alpha value is -0.0400. The Balaban J connectivity index is 1.89. The third-order valence-corrected chi connectivity index (χ3v) is 1.81. The molecule has 1 nitrogen and oxygen atoms in total. The van der Waals surface area contributed by atoms with Gasteiger partial charge in [-0.25, -0.2) is 0 Å². The van der Waals surface area contributed by atoms with Crippen molar-refractivity contribution in [2.75, 3.05) is 0 Å². The molecule has 0 amide bonds. The fourth-order valence-corrected chi connectivity index (χ4v) is 1.01. The van der Waals surface area contributed by atoms with Gasteiger partial charge in [-0.15, -0.1) is 0 Å². The van der Waals surface area contributed by atoms with Crippen LogP contribution in [-0.2, 0) is 0 Å². The summed E-state index contributed by atoms with van der Waals surface area (Å²) in [6, 6.07) is 0. The van der Waals surface area contributed by atoms with Crippen LogP contribution in [0.4, 0.5) is 0 Å². The van der Waals surface area contributed by atoms with E-state index in [1.165, 1.54) is 19.3 Å². The summed E-state index contributed by atoms with van der Waals surface area (Å²) in [5.74, 6) is 0.676. The minimum Gasteiger partial charge on any atom is -0.393 e. The zero-order valence-corrected chi connectivity index (χ0v) is 5.43. The van der Waals surface area contributed by atoms with Crippen molar-refractivity contribution in [1.82, 2.24) is 0 Å². The Morgan fingerprint density at radius 1 is 1.62 bits per heavy atom. The number of aliphatic hydroxyl groups is 1. The van der Waals surface area contributed by atoms with Crippen LogP contribution in [0, 0.1) is 5.92 Å². The number of hydrogen-bond donors (Lipinski definition) is 1. The molecule has 1 N–H and O–H groups in total. The Morgan fingerprint density at radius 3 is 2.62 bits per heavy atom. The normalized spacial score (nSPS) is 35.2. The first-order chi connectivity index (χ1) is 3.84. The third-order valence-electron chi connectivity index (χ3n) is 1.81. The fourth-order valence-electron chi connectivity index (χ4n) is 1.01. The van der Waals surface area contributed by atoms with E-state index in [1.54, 1.807) is 0 Å². The monoisotopic (exact) mass is 114 g/mol. The molecule has 1 aliphatic rings. The van der Waals surface area contributed by atoms with Crippen LogP contribution in [0.1, 0.15) is 32.6 Å². The molecule has 0 bridgehead atoms. The van der Waals surface area contributed by atoms with Gasteiger partial charge in [0.15, 0.2) is 0 Å². The van der Waals surface area contributed by atoms with Crippen molar-refractivity contribution in [2.45, 2.75) is 38.7 Å². The molecular weight excluding hydrogens is 100 g/mol. The van der Waals surface area contributed by atoms with Gasteiger partial charge in [-0.3, -0.25) is 0 Å². The van der Waals surface area contributed by atoms with Gasteiger partial charge in [-0.2, -0.15) is 0 Å². The minimum atomic E-state index is 0.0709. The summed E-state index contributed by atoms with van der Waals surface area (Å²) in [6.07, 6.45) is 4.95. The van der Waals surface area contributed by atoms with Gasteiger partial charge in [0.25, 0.3) is 0 Å².